The molecule has 1 aromatic carbocycles. The van der Waals surface area contributed by atoms with Crippen LogP contribution in [-0.4, -0.2) is 59.5 Å². The zero-order chi connectivity index (χ0) is 21.8. The summed E-state index contributed by atoms with van der Waals surface area (Å²) in [5.74, 6) is 0.596. The zero-order valence-corrected chi connectivity index (χ0v) is 17.5. The predicted octanol–water partition coefficient (Wildman–Crippen LogP) is 1.33. The number of carbonyl (C=O) groups is 1. The zero-order valence-electron chi connectivity index (χ0n) is 17.5. The van der Waals surface area contributed by atoms with Crippen LogP contribution in [0.3, 0.4) is 0 Å². The van der Waals surface area contributed by atoms with Crippen molar-refractivity contribution in [3.8, 4) is 5.75 Å². The number of nitrogens with zero attached hydrogens (tertiary/aromatic N) is 3. The minimum Gasteiger partial charge on any atom is -0.485 e. The van der Waals surface area contributed by atoms with Crippen LogP contribution >= 0.6 is 0 Å². The number of anilines is 2. The summed E-state index contributed by atoms with van der Waals surface area (Å²) < 4.78 is 11.6. The Hall–Kier alpha value is -3.17. The molecule has 4 N–H and O–H groups in total. The first-order chi connectivity index (χ1) is 15.0. The molecule has 9 heteroatoms. The van der Waals surface area contributed by atoms with E-state index in [0.29, 0.717) is 38.4 Å². The number of nitrogens with two attached hydrogens (primary N) is 1. The molecule has 0 spiro atoms. The van der Waals surface area contributed by atoms with Crippen LogP contribution in [0.15, 0.2) is 36.8 Å². The molecular weight excluding hydrogens is 398 g/mol. The van der Waals surface area contributed by atoms with Crippen molar-refractivity contribution in [2.45, 2.75) is 25.4 Å². The second-order valence-corrected chi connectivity index (χ2v) is 7.89. The van der Waals surface area contributed by atoms with Crippen molar-refractivity contribution < 1.29 is 19.4 Å². The highest BCUT2D eigenvalue weighted by Crippen LogP contribution is 2.40. The van der Waals surface area contributed by atoms with Crippen molar-refractivity contribution in [1.82, 2.24) is 9.97 Å². The number of nitrogens with one attached hydrogen (secondary N) is 1. The summed E-state index contributed by atoms with van der Waals surface area (Å²) in [7, 11) is 0. The van der Waals surface area contributed by atoms with Gasteiger partial charge < -0.3 is 30.5 Å². The third-order valence-electron chi connectivity index (χ3n) is 5.61. The molecule has 2 aliphatic rings. The van der Waals surface area contributed by atoms with Crippen molar-refractivity contribution in [3.63, 3.8) is 0 Å². The van der Waals surface area contributed by atoms with Crippen molar-refractivity contribution in [1.29, 1.82) is 0 Å². The molecule has 1 aromatic heterocycles. The number of rotatable bonds is 5. The Labute approximate surface area is 180 Å². The number of morpholine rings is 1. The van der Waals surface area contributed by atoms with E-state index < -0.39 is 5.60 Å². The molecule has 1 saturated heterocycles. The van der Waals surface area contributed by atoms with Crippen molar-refractivity contribution >= 4 is 22.9 Å². The van der Waals surface area contributed by atoms with Crippen molar-refractivity contribution in [3.05, 3.63) is 48.2 Å². The second kappa shape index (κ2) is 8.91. The molecule has 1 atom stereocenters. The Balaban J connectivity index is 1.68. The first kappa shape index (κ1) is 21.1. The molecule has 31 heavy (non-hydrogen) atoms. The van der Waals surface area contributed by atoms with Crippen molar-refractivity contribution in [2.24, 2.45) is 5.73 Å². The van der Waals surface area contributed by atoms with Crippen LogP contribution < -0.4 is 20.7 Å². The summed E-state index contributed by atoms with van der Waals surface area (Å²) in [6, 6.07) is 5.55. The summed E-state index contributed by atoms with van der Waals surface area (Å²) in [4.78, 5) is 23.5. The van der Waals surface area contributed by atoms with E-state index in [4.69, 9.17) is 15.2 Å². The average Bonchev–Trinajstić information content (AvgIpc) is 2.80. The summed E-state index contributed by atoms with van der Waals surface area (Å²) >= 11 is 0. The molecule has 9 nitrogen and oxygen atoms in total. The number of aromatic nitrogens is 2. The van der Waals surface area contributed by atoms with Gasteiger partial charge in [0.2, 0.25) is 0 Å². The van der Waals surface area contributed by atoms with Gasteiger partial charge in [-0.1, -0.05) is 0 Å². The molecule has 0 bridgehead atoms. The molecule has 3 heterocycles. The third kappa shape index (κ3) is 4.47. The van der Waals surface area contributed by atoms with Crippen LogP contribution in [-0.2, 0) is 16.0 Å². The van der Waals surface area contributed by atoms with E-state index in [1.807, 2.05) is 19.1 Å². The molecule has 2 aliphatic heterocycles. The molecule has 2 aromatic rings. The Morgan fingerprint density at radius 3 is 2.74 bits per heavy atom. The molecular formula is C22H27N5O4. The lowest BCUT2D eigenvalue weighted by atomic mass is 9.92. The fourth-order valence-electron chi connectivity index (χ4n) is 3.78. The van der Waals surface area contributed by atoms with E-state index in [0.717, 1.165) is 23.4 Å². The Morgan fingerprint density at radius 2 is 2.06 bits per heavy atom. The number of aliphatic hydroxyl groups is 1. The molecule has 0 unspecified atom stereocenters. The monoisotopic (exact) mass is 425 g/mol. The number of amides is 1. The van der Waals surface area contributed by atoms with Crippen LogP contribution in [0.4, 0.5) is 11.4 Å². The van der Waals surface area contributed by atoms with Gasteiger partial charge in [-0.2, -0.15) is 0 Å². The maximum absolute atomic E-state index is 13.0. The molecule has 164 valence electrons. The highest BCUT2D eigenvalue weighted by molar-refractivity contribution is 6.24. The minimum absolute atomic E-state index is 0.0560. The molecule has 1 amide bonds. The highest BCUT2D eigenvalue weighted by atomic mass is 16.5. The summed E-state index contributed by atoms with van der Waals surface area (Å²) in [5, 5.41) is 12.7. The molecule has 4 rings (SSSR count). The fourth-order valence-corrected chi connectivity index (χ4v) is 3.78. The van der Waals surface area contributed by atoms with Gasteiger partial charge in [-0.05, 0) is 37.5 Å². The van der Waals surface area contributed by atoms with Crippen LogP contribution in [0, 0.1) is 0 Å². The van der Waals surface area contributed by atoms with Crippen molar-refractivity contribution in [2.75, 3.05) is 43.1 Å². The number of aryl methyl sites for hydroxylation is 1. The van der Waals surface area contributed by atoms with Gasteiger partial charge in [-0.25, -0.2) is 9.97 Å². The second-order valence-electron chi connectivity index (χ2n) is 7.89. The van der Waals surface area contributed by atoms with Crippen LogP contribution in [0.5, 0.6) is 5.75 Å². The first-order valence-corrected chi connectivity index (χ1v) is 10.3. The van der Waals surface area contributed by atoms with E-state index >= 15 is 0 Å². The van der Waals surface area contributed by atoms with Gasteiger partial charge in [-0.3, -0.25) is 4.79 Å². The standard InChI is InChI=1S/C22H27N5O4/c1-22(14-28)4-3-15-11-17(18(12-19(15)31-22)27-7-9-30-10-8-27)26-21(29)16(13-23)20-24-5-2-6-25-20/h2,5-6,11-13,28H,3-4,7-10,14,23H2,1H3,(H,26,29)/t22-/m1/s1. The maximum Gasteiger partial charge on any atom is 0.261 e. The van der Waals surface area contributed by atoms with Crippen LogP contribution in [0.1, 0.15) is 24.7 Å². The Kier molecular flexibility index (Phi) is 6.06. The topological polar surface area (TPSA) is 123 Å². The molecule has 1 fully saturated rings. The Bertz CT molecular complexity index is 975. The number of aliphatic hydroxyl groups excluding tert-OH is 1. The number of carbonyl (C=O) groups excluding carboxylic acids is 1. The normalized spacial score (nSPS) is 21.2. The Morgan fingerprint density at radius 1 is 1.32 bits per heavy atom. The highest BCUT2D eigenvalue weighted by Gasteiger charge is 2.32. The number of benzene rings is 1. The minimum atomic E-state index is -0.611. The van der Waals surface area contributed by atoms with E-state index in [2.05, 4.69) is 20.2 Å². The lowest BCUT2D eigenvalue weighted by molar-refractivity contribution is -0.111. The van der Waals surface area contributed by atoms with E-state index in [-0.39, 0.29) is 23.9 Å². The number of fused-ring (bicyclic) bond motifs is 1. The van der Waals surface area contributed by atoms with Gasteiger partial charge in [0.05, 0.1) is 36.8 Å². The fraction of sp³-hybridized carbons (Fsp3) is 0.409. The number of hydrogen-bond acceptors (Lipinski definition) is 8. The third-order valence-corrected chi connectivity index (χ3v) is 5.61. The summed E-state index contributed by atoms with van der Waals surface area (Å²) in [6.07, 6.45) is 5.76. The van der Waals surface area contributed by atoms with Gasteiger partial charge in [-0.15, -0.1) is 0 Å². The van der Waals surface area contributed by atoms with Gasteiger partial charge in [0, 0.05) is 37.7 Å². The SMILES string of the molecule is C[C@]1(CO)CCc2cc(NC(=O)C(=CN)c3ncccn3)c(N3CCOCC3)cc2O1. The predicted molar refractivity (Wildman–Crippen MR) is 117 cm³/mol. The average molecular weight is 425 g/mol. The number of hydrogen-bond donors (Lipinski definition) is 3. The molecule has 0 saturated carbocycles. The van der Waals surface area contributed by atoms with Gasteiger partial charge in [0.25, 0.3) is 5.91 Å². The van der Waals surface area contributed by atoms with Gasteiger partial charge in [0.1, 0.15) is 11.4 Å². The van der Waals surface area contributed by atoms with Crippen LogP contribution in [0.2, 0.25) is 0 Å². The maximum atomic E-state index is 13.0. The quantitative estimate of drug-likeness (QED) is 0.613. The molecule has 0 radical (unpaired) electrons. The van der Waals surface area contributed by atoms with E-state index in [9.17, 15) is 9.90 Å². The smallest absolute Gasteiger partial charge is 0.261 e. The summed E-state index contributed by atoms with van der Waals surface area (Å²) in [5.41, 5.74) is 7.78. The lowest BCUT2D eigenvalue weighted by Gasteiger charge is -2.36. The number of ether oxygens (including phenoxy) is 2. The van der Waals surface area contributed by atoms with Gasteiger partial charge in [0.15, 0.2) is 5.82 Å². The summed E-state index contributed by atoms with van der Waals surface area (Å²) in [6.45, 7) is 4.44. The van der Waals surface area contributed by atoms with E-state index in [1.54, 1.807) is 18.5 Å². The molecule has 0 aliphatic carbocycles. The van der Waals surface area contributed by atoms with E-state index in [1.165, 1.54) is 6.20 Å². The largest absolute Gasteiger partial charge is 0.485 e. The first-order valence-electron chi connectivity index (χ1n) is 10.3. The lowest BCUT2D eigenvalue weighted by Crippen LogP contribution is -2.40. The van der Waals surface area contributed by atoms with Gasteiger partial charge >= 0.3 is 0 Å². The van der Waals surface area contributed by atoms with Crippen LogP contribution in [0.25, 0.3) is 5.57 Å².